The van der Waals surface area contributed by atoms with E-state index < -0.39 is 61.2 Å². The van der Waals surface area contributed by atoms with Gasteiger partial charge in [0.25, 0.3) is 0 Å². The van der Waals surface area contributed by atoms with Gasteiger partial charge in [-0.25, -0.2) is 19.2 Å². The molecule has 1 aliphatic rings. The van der Waals surface area contributed by atoms with Crippen LogP contribution in [-0.4, -0.2) is 125 Å². The lowest BCUT2D eigenvalue weighted by atomic mass is 9.97. The standard InChI is InChI=1S/C43H46O18/c1-48-23-10-14-27(31(18-23)52-5)39(44)57-22-35-36(59-40(45)28-15-11-24(49-2)19-32(28)53-6)37(60-41(46)29-16-12-25(50-3)20-33(29)54-7)38(43(56-9)58-35)61-42(47)30-17-13-26(51-4)21-34(30)55-8/h10-21,35-38,43H,22H2,1-9H3/t35-,36-,37+,38-,43+/m1/s1. The molecule has 0 radical (unpaired) electrons. The van der Waals surface area contributed by atoms with E-state index in [9.17, 15) is 19.2 Å². The fourth-order valence-electron chi connectivity index (χ4n) is 6.27. The van der Waals surface area contributed by atoms with Crippen LogP contribution in [0.25, 0.3) is 0 Å². The predicted molar refractivity (Wildman–Crippen MR) is 212 cm³/mol. The molecule has 18 heteroatoms. The van der Waals surface area contributed by atoms with Crippen molar-refractivity contribution in [2.45, 2.75) is 30.7 Å². The second-order valence-corrected chi connectivity index (χ2v) is 12.8. The number of benzene rings is 4. The van der Waals surface area contributed by atoms with Crippen molar-refractivity contribution < 1.29 is 85.5 Å². The molecule has 0 unspecified atom stereocenters. The maximum absolute atomic E-state index is 14.2. The fraction of sp³-hybridized carbons (Fsp3) is 0.349. The molecule has 0 spiro atoms. The Morgan fingerprint density at radius 1 is 0.426 bits per heavy atom. The highest BCUT2D eigenvalue weighted by molar-refractivity contribution is 5.95. The van der Waals surface area contributed by atoms with E-state index in [1.54, 1.807) is 0 Å². The van der Waals surface area contributed by atoms with Crippen molar-refractivity contribution in [1.29, 1.82) is 0 Å². The first-order valence-electron chi connectivity index (χ1n) is 18.3. The van der Waals surface area contributed by atoms with Gasteiger partial charge in [0.05, 0.1) is 56.9 Å². The summed E-state index contributed by atoms with van der Waals surface area (Å²) >= 11 is 0. The molecule has 5 atom stereocenters. The van der Waals surface area contributed by atoms with Crippen molar-refractivity contribution in [2.24, 2.45) is 0 Å². The van der Waals surface area contributed by atoms with E-state index in [-0.39, 0.29) is 45.3 Å². The molecule has 0 amide bonds. The molecule has 61 heavy (non-hydrogen) atoms. The molecule has 1 aliphatic heterocycles. The summed E-state index contributed by atoms with van der Waals surface area (Å²) in [6.07, 6.45) is -8.08. The largest absolute Gasteiger partial charge is 0.497 e. The van der Waals surface area contributed by atoms with Gasteiger partial charge in [0.2, 0.25) is 0 Å². The number of ether oxygens (including phenoxy) is 14. The van der Waals surface area contributed by atoms with Crippen LogP contribution in [-0.2, 0) is 28.4 Å². The number of hydrogen-bond acceptors (Lipinski definition) is 18. The van der Waals surface area contributed by atoms with Crippen molar-refractivity contribution >= 4 is 23.9 Å². The van der Waals surface area contributed by atoms with Gasteiger partial charge in [-0.3, -0.25) is 0 Å². The third-order valence-electron chi connectivity index (χ3n) is 9.45. The highest BCUT2D eigenvalue weighted by Crippen LogP contribution is 2.36. The first-order chi connectivity index (χ1) is 29.5. The lowest BCUT2D eigenvalue weighted by Crippen LogP contribution is -2.63. The van der Waals surface area contributed by atoms with E-state index in [0.29, 0.717) is 23.0 Å². The monoisotopic (exact) mass is 850 g/mol. The second-order valence-electron chi connectivity index (χ2n) is 12.8. The van der Waals surface area contributed by atoms with E-state index in [4.69, 9.17) is 66.3 Å². The molecule has 0 saturated carbocycles. The highest BCUT2D eigenvalue weighted by Gasteiger charge is 2.54. The van der Waals surface area contributed by atoms with Crippen LogP contribution in [0, 0.1) is 0 Å². The summed E-state index contributed by atoms with van der Waals surface area (Å²) in [6, 6.07) is 17.5. The summed E-state index contributed by atoms with van der Waals surface area (Å²) in [5.41, 5.74) is -0.189. The van der Waals surface area contributed by atoms with Gasteiger partial charge in [-0.15, -0.1) is 0 Å². The quantitative estimate of drug-likeness (QED) is 0.0961. The van der Waals surface area contributed by atoms with Crippen LogP contribution in [0.15, 0.2) is 72.8 Å². The number of rotatable bonds is 18. The molecule has 326 valence electrons. The van der Waals surface area contributed by atoms with Crippen molar-refractivity contribution in [3.63, 3.8) is 0 Å². The van der Waals surface area contributed by atoms with Gasteiger partial charge in [0.15, 0.2) is 24.6 Å². The molecular formula is C43H46O18. The van der Waals surface area contributed by atoms with Crippen LogP contribution in [0.3, 0.4) is 0 Å². The Balaban J connectivity index is 1.62. The van der Waals surface area contributed by atoms with Crippen molar-refractivity contribution in [2.75, 3.05) is 70.6 Å². The molecule has 18 nitrogen and oxygen atoms in total. The van der Waals surface area contributed by atoms with Crippen LogP contribution < -0.4 is 37.9 Å². The van der Waals surface area contributed by atoms with Gasteiger partial charge in [-0.05, 0) is 48.5 Å². The van der Waals surface area contributed by atoms with Crippen LogP contribution >= 0.6 is 0 Å². The minimum atomic E-state index is -1.74. The number of esters is 4. The summed E-state index contributed by atoms with van der Waals surface area (Å²) in [7, 11) is 12.4. The first kappa shape index (κ1) is 45.2. The van der Waals surface area contributed by atoms with Crippen LogP contribution in [0.1, 0.15) is 41.4 Å². The predicted octanol–water partition coefficient (Wildman–Crippen LogP) is 4.96. The Morgan fingerprint density at radius 3 is 1.08 bits per heavy atom. The molecule has 1 saturated heterocycles. The SMILES string of the molecule is COc1ccc(C(=O)OC[C@H]2O[C@H](OC)[C@H](OC(=O)c3ccc(OC)cc3OC)[C@@H](OC(=O)c3ccc(OC)cc3OC)[C@@H]2OC(=O)c2ccc(OC)cc2OC)c(OC)c1. The Labute approximate surface area is 351 Å². The molecule has 1 fully saturated rings. The highest BCUT2D eigenvalue weighted by atomic mass is 16.7. The number of methoxy groups -OCH3 is 9. The minimum Gasteiger partial charge on any atom is -0.497 e. The maximum Gasteiger partial charge on any atom is 0.342 e. The van der Waals surface area contributed by atoms with Gasteiger partial charge >= 0.3 is 23.9 Å². The first-order valence-corrected chi connectivity index (χ1v) is 18.3. The molecule has 5 rings (SSSR count). The van der Waals surface area contributed by atoms with Crippen LogP contribution in [0.2, 0.25) is 0 Å². The van der Waals surface area contributed by atoms with Gasteiger partial charge in [0.1, 0.15) is 81.0 Å². The van der Waals surface area contributed by atoms with Gasteiger partial charge in [-0.2, -0.15) is 0 Å². The normalized spacial score (nSPS) is 18.1. The molecule has 4 aromatic rings. The van der Waals surface area contributed by atoms with Crippen molar-refractivity contribution in [3.05, 3.63) is 95.1 Å². The van der Waals surface area contributed by atoms with E-state index in [2.05, 4.69) is 0 Å². The Hall–Kier alpha value is -6.92. The molecule has 0 N–H and O–H groups in total. The van der Waals surface area contributed by atoms with Gasteiger partial charge in [-0.1, -0.05) is 0 Å². The topological polar surface area (TPSA) is 197 Å². The summed E-state index contributed by atoms with van der Waals surface area (Å²) in [6.45, 7) is -0.627. The zero-order valence-corrected chi connectivity index (χ0v) is 34.9. The fourth-order valence-corrected chi connectivity index (χ4v) is 6.27. The molecule has 0 bridgehead atoms. The number of carbonyl (C=O) groups is 4. The molecular weight excluding hydrogens is 804 g/mol. The summed E-state index contributed by atoms with van der Waals surface area (Å²) in [5.74, 6) is -1.95. The number of hydrogen-bond donors (Lipinski definition) is 0. The lowest BCUT2D eigenvalue weighted by molar-refractivity contribution is -0.291. The Morgan fingerprint density at radius 2 is 0.754 bits per heavy atom. The average Bonchev–Trinajstić information content (AvgIpc) is 3.30. The third-order valence-corrected chi connectivity index (χ3v) is 9.45. The number of carbonyl (C=O) groups excluding carboxylic acids is 4. The van der Waals surface area contributed by atoms with E-state index >= 15 is 0 Å². The van der Waals surface area contributed by atoms with Gasteiger partial charge < -0.3 is 66.3 Å². The van der Waals surface area contributed by atoms with Crippen LogP contribution in [0.4, 0.5) is 0 Å². The zero-order chi connectivity index (χ0) is 44.2. The Bertz CT molecular complexity index is 2190. The summed E-state index contributed by atoms with van der Waals surface area (Å²) in [5, 5.41) is 0. The zero-order valence-electron chi connectivity index (χ0n) is 34.9. The van der Waals surface area contributed by atoms with E-state index in [1.807, 2.05) is 0 Å². The molecule has 1 heterocycles. The van der Waals surface area contributed by atoms with E-state index in [1.165, 1.54) is 137 Å². The smallest absolute Gasteiger partial charge is 0.342 e. The Kier molecular flexibility index (Phi) is 15.4. The lowest BCUT2D eigenvalue weighted by Gasteiger charge is -2.44. The average molecular weight is 851 g/mol. The molecule has 0 aliphatic carbocycles. The van der Waals surface area contributed by atoms with Crippen LogP contribution in [0.5, 0.6) is 46.0 Å². The summed E-state index contributed by atoms with van der Waals surface area (Å²) in [4.78, 5) is 56.0. The third kappa shape index (κ3) is 10.3. The minimum absolute atomic E-state index is 0.0220. The summed E-state index contributed by atoms with van der Waals surface area (Å²) < 4.78 is 78.8. The maximum atomic E-state index is 14.2. The van der Waals surface area contributed by atoms with Crippen molar-refractivity contribution in [3.8, 4) is 46.0 Å². The second kappa shape index (κ2) is 20.9. The van der Waals surface area contributed by atoms with Gasteiger partial charge in [0, 0.05) is 31.4 Å². The molecule has 0 aromatic heterocycles. The van der Waals surface area contributed by atoms with Crippen molar-refractivity contribution in [1.82, 2.24) is 0 Å². The van der Waals surface area contributed by atoms with E-state index in [0.717, 1.165) is 0 Å². The molecule has 4 aromatic carbocycles.